The molecule has 20 heavy (non-hydrogen) atoms. The van der Waals surface area contributed by atoms with Crippen molar-refractivity contribution in [3.8, 4) is 0 Å². The Labute approximate surface area is 123 Å². The molecule has 1 N–H and O–H groups in total. The minimum Gasteiger partial charge on any atom is -0.356 e. The second kappa shape index (κ2) is 7.07. The fourth-order valence-corrected chi connectivity index (χ4v) is 2.87. The molecule has 2 atom stereocenters. The first-order valence-corrected chi connectivity index (χ1v) is 8.09. The third-order valence-electron chi connectivity index (χ3n) is 4.32. The molecule has 1 saturated heterocycles. The average Bonchev–Trinajstić information content (AvgIpc) is 2.77. The van der Waals surface area contributed by atoms with Crippen molar-refractivity contribution in [2.75, 3.05) is 24.5 Å². The van der Waals surface area contributed by atoms with E-state index >= 15 is 0 Å². The molecule has 0 amide bonds. The highest BCUT2D eigenvalue weighted by molar-refractivity contribution is 5.44. The molecule has 2 heterocycles. The van der Waals surface area contributed by atoms with E-state index in [2.05, 4.69) is 50.0 Å². The van der Waals surface area contributed by atoms with Crippen LogP contribution in [0.5, 0.6) is 0 Å². The summed E-state index contributed by atoms with van der Waals surface area (Å²) in [6.07, 6.45) is 2.23. The maximum absolute atomic E-state index is 4.88. The summed E-state index contributed by atoms with van der Waals surface area (Å²) in [7, 11) is 0. The predicted octanol–water partition coefficient (Wildman–Crippen LogP) is 3.24. The summed E-state index contributed by atoms with van der Waals surface area (Å²) >= 11 is 0. The molecule has 1 aromatic rings. The molecule has 1 fully saturated rings. The van der Waals surface area contributed by atoms with E-state index in [-0.39, 0.29) is 0 Å². The normalized spacial score (nSPS) is 22.5. The smallest absolute Gasteiger partial charge is 0.129 e. The molecule has 3 nitrogen and oxygen atoms in total. The molecule has 112 valence electrons. The van der Waals surface area contributed by atoms with Crippen LogP contribution >= 0.6 is 0 Å². The Morgan fingerprint density at radius 1 is 1.20 bits per heavy atom. The highest BCUT2D eigenvalue weighted by Gasteiger charge is 2.27. The number of nitrogens with one attached hydrogen (secondary N) is 1. The fourth-order valence-electron chi connectivity index (χ4n) is 2.87. The molecular formula is C17H29N3. The lowest BCUT2D eigenvalue weighted by molar-refractivity contribution is 0.494. The van der Waals surface area contributed by atoms with Gasteiger partial charge >= 0.3 is 0 Å². The predicted molar refractivity (Wildman–Crippen MR) is 86.2 cm³/mol. The van der Waals surface area contributed by atoms with E-state index in [0.717, 1.165) is 50.9 Å². The van der Waals surface area contributed by atoms with Crippen LogP contribution < -0.4 is 10.2 Å². The minimum absolute atomic E-state index is 0.767. The highest BCUT2D eigenvalue weighted by Crippen LogP contribution is 2.27. The highest BCUT2D eigenvalue weighted by atomic mass is 15.2. The van der Waals surface area contributed by atoms with Gasteiger partial charge in [0, 0.05) is 25.3 Å². The number of rotatable bonds is 6. The van der Waals surface area contributed by atoms with Gasteiger partial charge in [0.2, 0.25) is 0 Å². The van der Waals surface area contributed by atoms with E-state index in [1.165, 1.54) is 17.1 Å². The van der Waals surface area contributed by atoms with Gasteiger partial charge in [-0.2, -0.15) is 0 Å². The van der Waals surface area contributed by atoms with Crippen LogP contribution in [0.25, 0.3) is 0 Å². The van der Waals surface area contributed by atoms with E-state index in [0.29, 0.717) is 0 Å². The van der Waals surface area contributed by atoms with Gasteiger partial charge in [0.1, 0.15) is 5.82 Å². The Kier molecular flexibility index (Phi) is 5.41. The van der Waals surface area contributed by atoms with E-state index in [1.807, 2.05) is 0 Å². The number of aryl methyl sites for hydroxylation is 1. The van der Waals surface area contributed by atoms with Crippen LogP contribution in [0.15, 0.2) is 12.1 Å². The van der Waals surface area contributed by atoms with Crippen LogP contribution in [0.2, 0.25) is 0 Å². The minimum atomic E-state index is 0.767. The van der Waals surface area contributed by atoms with Gasteiger partial charge in [-0.3, -0.25) is 0 Å². The molecular weight excluding hydrogens is 246 g/mol. The summed E-state index contributed by atoms with van der Waals surface area (Å²) in [5.74, 6) is 2.72. The van der Waals surface area contributed by atoms with Crippen molar-refractivity contribution in [2.24, 2.45) is 11.8 Å². The second-order valence-corrected chi connectivity index (χ2v) is 6.21. The molecule has 3 heteroatoms. The van der Waals surface area contributed by atoms with Crippen LogP contribution in [-0.4, -0.2) is 24.6 Å². The summed E-state index contributed by atoms with van der Waals surface area (Å²) < 4.78 is 0. The molecule has 0 radical (unpaired) electrons. The van der Waals surface area contributed by atoms with Gasteiger partial charge in [0.25, 0.3) is 0 Å². The van der Waals surface area contributed by atoms with Crippen LogP contribution in [0.3, 0.4) is 0 Å². The summed E-state index contributed by atoms with van der Waals surface area (Å²) in [5, 5.41) is 3.42. The van der Waals surface area contributed by atoms with Crippen molar-refractivity contribution >= 4 is 5.82 Å². The quantitative estimate of drug-likeness (QED) is 0.864. The van der Waals surface area contributed by atoms with Gasteiger partial charge in [-0.25, -0.2) is 4.98 Å². The molecule has 0 aromatic carbocycles. The van der Waals surface area contributed by atoms with Crippen LogP contribution in [0, 0.1) is 11.8 Å². The van der Waals surface area contributed by atoms with Gasteiger partial charge in [-0.05, 0) is 42.5 Å². The number of anilines is 1. The first-order chi connectivity index (χ1) is 9.63. The topological polar surface area (TPSA) is 28.2 Å². The number of hydrogen-bond acceptors (Lipinski definition) is 3. The molecule has 1 aliphatic heterocycles. The first kappa shape index (κ1) is 15.3. The summed E-state index contributed by atoms with van der Waals surface area (Å²) in [6, 6.07) is 4.53. The van der Waals surface area contributed by atoms with Gasteiger partial charge < -0.3 is 10.2 Å². The zero-order valence-corrected chi connectivity index (χ0v) is 13.4. The zero-order chi connectivity index (χ0) is 14.5. The summed E-state index contributed by atoms with van der Waals surface area (Å²) in [6.45, 7) is 13.3. The number of nitrogens with zero attached hydrogens (tertiary/aromatic N) is 2. The van der Waals surface area contributed by atoms with Gasteiger partial charge in [0.05, 0.1) is 0 Å². The van der Waals surface area contributed by atoms with Crippen LogP contribution in [0.4, 0.5) is 5.82 Å². The monoisotopic (exact) mass is 275 g/mol. The Morgan fingerprint density at radius 2 is 1.90 bits per heavy atom. The van der Waals surface area contributed by atoms with Crippen molar-refractivity contribution in [2.45, 2.75) is 47.1 Å². The maximum atomic E-state index is 4.88. The van der Waals surface area contributed by atoms with Gasteiger partial charge in [-0.1, -0.05) is 34.1 Å². The molecule has 2 unspecified atom stereocenters. The molecule has 1 aromatic heterocycles. The molecule has 0 saturated carbocycles. The number of hydrogen-bond donors (Lipinski definition) is 1. The van der Waals surface area contributed by atoms with Gasteiger partial charge in [-0.15, -0.1) is 0 Å². The third kappa shape index (κ3) is 3.72. The average molecular weight is 275 g/mol. The Morgan fingerprint density at radius 3 is 2.50 bits per heavy atom. The van der Waals surface area contributed by atoms with Crippen molar-refractivity contribution < 1.29 is 0 Å². The standard InChI is InChI=1S/C17H29N3/c1-5-7-16-8-15(10-18-6-2)9-17(19-16)20-11-13(3)14(4)12-20/h8-9,13-14,18H,5-7,10-12H2,1-4H3. The molecule has 1 aliphatic rings. The molecule has 0 aliphatic carbocycles. The third-order valence-corrected chi connectivity index (χ3v) is 4.32. The molecule has 0 spiro atoms. The Hall–Kier alpha value is -1.09. The zero-order valence-electron chi connectivity index (χ0n) is 13.4. The number of aromatic nitrogens is 1. The largest absolute Gasteiger partial charge is 0.356 e. The Bertz CT molecular complexity index is 420. The number of pyridine rings is 1. The lowest BCUT2D eigenvalue weighted by atomic mass is 10.0. The van der Waals surface area contributed by atoms with Crippen molar-refractivity contribution in [1.29, 1.82) is 0 Å². The van der Waals surface area contributed by atoms with E-state index in [9.17, 15) is 0 Å². The van der Waals surface area contributed by atoms with E-state index in [1.54, 1.807) is 0 Å². The fraction of sp³-hybridized carbons (Fsp3) is 0.706. The maximum Gasteiger partial charge on any atom is 0.129 e. The Balaban J connectivity index is 2.20. The molecule has 2 rings (SSSR count). The van der Waals surface area contributed by atoms with Crippen LogP contribution in [-0.2, 0) is 13.0 Å². The SMILES string of the molecule is CCCc1cc(CNCC)cc(N2CC(C)C(C)C2)n1. The second-order valence-electron chi connectivity index (χ2n) is 6.21. The lowest BCUT2D eigenvalue weighted by Crippen LogP contribution is -2.22. The van der Waals surface area contributed by atoms with Gasteiger partial charge in [0.15, 0.2) is 0 Å². The molecule has 0 bridgehead atoms. The van der Waals surface area contributed by atoms with Crippen LogP contribution in [0.1, 0.15) is 45.4 Å². The van der Waals surface area contributed by atoms with Crippen molar-refractivity contribution in [3.05, 3.63) is 23.4 Å². The summed E-state index contributed by atoms with van der Waals surface area (Å²) in [5.41, 5.74) is 2.61. The summed E-state index contributed by atoms with van der Waals surface area (Å²) in [4.78, 5) is 7.34. The van der Waals surface area contributed by atoms with Crippen molar-refractivity contribution in [1.82, 2.24) is 10.3 Å². The van der Waals surface area contributed by atoms with E-state index in [4.69, 9.17) is 4.98 Å². The van der Waals surface area contributed by atoms with Crippen molar-refractivity contribution in [3.63, 3.8) is 0 Å². The first-order valence-electron chi connectivity index (χ1n) is 8.09. The van der Waals surface area contributed by atoms with E-state index < -0.39 is 0 Å². The lowest BCUT2D eigenvalue weighted by Gasteiger charge is -2.19.